The van der Waals surface area contributed by atoms with Gasteiger partial charge < -0.3 is 52.8 Å². The van der Waals surface area contributed by atoms with Gasteiger partial charge in [0.1, 0.15) is 18.0 Å². The topological polar surface area (TPSA) is 141 Å². The maximum Gasteiger partial charge on any atom is 0.172 e. The van der Waals surface area contributed by atoms with Crippen LogP contribution in [0, 0.1) is 11.8 Å². The van der Waals surface area contributed by atoms with Crippen LogP contribution in [0.1, 0.15) is 96.8 Å². The van der Waals surface area contributed by atoms with Gasteiger partial charge in [0.25, 0.3) is 0 Å². The average Bonchev–Trinajstić information content (AvgIpc) is 3.77. The maximum atomic E-state index is 14.0. The number of Topliss-reactive ketones (excluding diaryl/α,β-unsaturated/α-hetero) is 1. The first kappa shape index (κ1) is 38.6. The molecular formula is C41H62O12. The molecule has 0 aromatic heterocycles. The molecule has 8 aliphatic heterocycles. The summed E-state index contributed by atoms with van der Waals surface area (Å²) in [5.74, 6) is -0.743. The fourth-order valence-electron chi connectivity index (χ4n) is 11.0. The van der Waals surface area contributed by atoms with E-state index in [9.17, 15) is 15.0 Å². The minimum absolute atomic E-state index is 0.0235. The zero-order valence-electron chi connectivity index (χ0n) is 31.8. The van der Waals surface area contributed by atoms with Gasteiger partial charge in [-0.15, -0.1) is 0 Å². The van der Waals surface area contributed by atoms with Crippen molar-refractivity contribution in [2.75, 3.05) is 20.8 Å². The Kier molecular flexibility index (Phi) is 11.6. The molecule has 0 amide bonds. The largest absolute Gasteiger partial charge is 0.394 e. The van der Waals surface area contributed by atoms with Gasteiger partial charge in [-0.3, -0.25) is 4.79 Å². The van der Waals surface area contributed by atoms with Crippen molar-refractivity contribution in [3.8, 4) is 0 Å². The number of rotatable bonds is 5. The van der Waals surface area contributed by atoms with Crippen LogP contribution in [0.3, 0.4) is 0 Å². The van der Waals surface area contributed by atoms with Crippen molar-refractivity contribution in [1.82, 2.24) is 0 Å². The number of hydrogen-bond donors (Lipinski definition) is 2. The monoisotopic (exact) mass is 746 g/mol. The lowest BCUT2D eigenvalue weighted by Gasteiger charge is -2.47. The lowest BCUT2D eigenvalue weighted by atomic mass is 9.81. The number of methoxy groups -OCH3 is 2. The van der Waals surface area contributed by atoms with E-state index in [0.29, 0.717) is 32.1 Å². The molecule has 12 heteroatoms. The first-order valence-corrected chi connectivity index (χ1v) is 20.4. The second kappa shape index (κ2) is 15.9. The quantitative estimate of drug-likeness (QED) is 0.392. The molecule has 8 aliphatic rings. The zero-order valence-corrected chi connectivity index (χ0v) is 31.8. The Morgan fingerprint density at radius 1 is 0.792 bits per heavy atom. The molecule has 8 rings (SSSR count). The summed E-state index contributed by atoms with van der Waals surface area (Å²) in [7, 11) is 3.37. The first-order valence-electron chi connectivity index (χ1n) is 20.4. The summed E-state index contributed by atoms with van der Waals surface area (Å²) < 4.78 is 59.3. The van der Waals surface area contributed by atoms with Crippen LogP contribution in [-0.2, 0) is 47.4 Å². The van der Waals surface area contributed by atoms with Gasteiger partial charge in [0.2, 0.25) is 0 Å². The second-order valence-electron chi connectivity index (χ2n) is 17.4. The van der Waals surface area contributed by atoms with Gasteiger partial charge in [-0.25, -0.2) is 0 Å². The summed E-state index contributed by atoms with van der Waals surface area (Å²) >= 11 is 0. The molecule has 18 atom stereocenters. The van der Waals surface area contributed by atoms with Gasteiger partial charge in [0.15, 0.2) is 5.79 Å². The SMILES string of the molecule is C=C1CC2CC[C@]34C[C@@H](OC)C(O3)[C@H]3CC(O4)[C@H]4OC(CCC4O3)CC(=O)C[C@H]3[C@H](CC4OC(CCC1O2)CC(C)C4=C)OC(CC(O)CO)[C@@H]3OC. The van der Waals surface area contributed by atoms with Crippen LogP contribution in [0.5, 0.6) is 0 Å². The summed E-state index contributed by atoms with van der Waals surface area (Å²) in [6, 6.07) is 0. The van der Waals surface area contributed by atoms with Crippen LogP contribution < -0.4 is 0 Å². The van der Waals surface area contributed by atoms with Gasteiger partial charge in [0.05, 0.1) is 86.0 Å². The number of carbonyl (C=O) groups excluding carboxylic acids is 1. The molecule has 0 aliphatic carbocycles. The Hall–Kier alpha value is -1.29. The highest BCUT2D eigenvalue weighted by Gasteiger charge is 2.60. The number of ketones is 1. The minimum Gasteiger partial charge on any atom is -0.394 e. The predicted molar refractivity (Wildman–Crippen MR) is 191 cm³/mol. The molecule has 0 saturated carbocycles. The van der Waals surface area contributed by atoms with E-state index in [2.05, 4.69) is 20.1 Å². The molecule has 8 heterocycles. The lowest BCUT2D eigenvalue weighted by molar-refractivity contribution is -0.277. The van der Waals surface area contributed by atoms with Gasteiger partial charge in [-0.05, 0) is 62.0 Å². The second-order valence-corrected chi connectivity index (χ2v) is 17.4. The van der Waals surface area contributed by atoms with Crippen LogP contribution in [-0.4, -0.2) is 134 Å². The minimum atomic E-state index is -0.950. The fraction of sp³-hybridized carbons (Fsp3) is 0.878. The highest BCUT2D eigenvalue weighted by atomic mass is 16.7. The summed E-state index contributed by atoms with van der Waals surface area (Å²) in [6.07, 6.45) is 4.96. The lowest BCUT2D eigenvalue weighted by Crippen LogP contribution is -2.58. The molecule has 53 heavy (non-hydrogen) atoms. The van der Waals surface area contributed by atoms with Gasteiger partial charge >= 0.3 is 0 Å². The molecular weight excluding hydrogens is 684 g/mol. The van der Waals surface area contributed by atoms with Gasteiger partial charge in [0, 0.05) is 65.1 Å². The normalized spacial score (nSPS) is 49.6. The van der Waals surface area contributed by atoms with Crippen LogP contribution in [0.4, 0.5) is 0 Å². The van der Waals surface area contributed by atoms with E-state index >= 15 is 0 Å². The molecule has 0 aromatic carbocycles. The Bertz CT molecular complexity index is 1340. The van der Waals surface area contributed by atoms with E-state index in [4.69, 9.17) is 42.6 Å². The van der Waals surface area contributed by atoms with E-state index in [1.807, 2.05) is 0 Å². The molecule has 0 radical (unpaired) electrons. The van der Waals surface area contributed by atoms with Crippen LogP contribution in [0.15, 0.2) is 24.3 Å². The highest BCUT2D eigenvalue weighted by molar-refractivity contribution is 5.79. The molecule has 8 saturated heterocycles. The Morgan fingerprint density at radius 3 is 2.38 bits per heavy atom. The third-order valence-electron chi connectivity index (χ3n) is 13.8. The van der Waals surface area contributed by atoms with Crippen molar-refractivity contribution in [3.63, 3.8) is 0 Å². The van der Waals surface area contributed by atoms with Crippen molar-refractivity contribution in [3.05, 3.63) is 24.3 Å². The predicted octanol–water partition coefficient (Wildman–Crippen LogP) is 4.11. The Morgan fingerprint density at radius 2 is 1.58 bits per heavy atom. The Balaban J connectivity index is 1.06. The first-order chi connectivity index (χ1) is 25.5. The molecule has 2 N–H and O–H groups in total. The summed E-state index contributed by atoms with van der Waals surface area (Å²) in [5.41, 5.74) is 2.16. The van der Waals surface area contributed by atoms with E-state index in [0.717, 1.165) is 49.7 Å². The zero-order chi connectivity index (χ0) is 37.0. The average molecular weight is 747 g/mol. The molecule has 8 fully saturated rings. The number of aliphatic hydroxyl groups excluding tert-OH is 2. The van der Waals surface area contributed by atoms with Crippen molar-refractivity contribution < 1.29 is 57.6 Å². The summed E-state index contributed by atoms with van der Waals surface area (Å²) in [5, 5.41) is 20.1. The number of hydrogen-bond acceptors (Lipinski definition) is 12. The highest BCUT2D eigenvalue weighted by Crippen LogP contribution is 2.50. The van der Waals surface area contributed by atoms with E-state index in [-0.39, 0.29) is 117 Å². The van der Waals surface area contributed by atoms with E-state index in [1.54, 1.807) is 14.2 Å². The van der Waals surface area contributed by atoms with Gasteiger partial charge in [-0.2, -0.15) is 0 Å². The van der Waals surface area contributed by atoms with Crippen LogP contribution >= 0.6 is 0 Å². The number of carbonyl (C=O) groups is 1. The van der Waals surface area contributed by atoms with Crippen LogP contribution in [0.2, 0.25) is 0 Å². The molecule has 0 aromatic rings. The summed E-state index contributed by atoms with van der Waals surface area (Å²) in [4.78, 5) is 14.0. The van der Waals surface area contributed by atoms with Crippen molar-refractivity contribution >= 4 is 5.78 Å². The third kappa shape index (κ3) is 7.86. The third-order valence-corrected chi connectivity index (χ3v) is 13.8. The smallest absolute Gasteiger partial charge is 0.172 e. The Labute approximate surface area is 314 Å². The standard InChI is InChI=1S/C41H62O12/c1-21-12-26-6-8-30-22(2)13-28(47-30)10-11-41-19-37(45-4)40(53-41)35-18-36(52-41)39-31(50-35)9-7-27(49-39)14-24(43)15-29-33(17-32(48-26)23(21)3)51-34(38(29)46-5)16-25(44)20-42/h21,25-40,42,44H,2-3,6-20H2,1,4-5H3/t21?,25?,26?,27?,28?,29-,30?,31?,32?,33-,34?,35+,36?,37+,38+,39-,40?,41+/m0/s1. The fourth-order valence-corrected chi connectivity index (χ4v) is 11.0. The number of fused-ring (bicyclic) bond motifs is 9. The molecule has 1 spiro atoms. The summed E-state index contributed by atoms with van der Waals surface area (Å²) in [6.45, 7) is 10.7. The van der Waals surface area contributed by atoms with Crippen molar-refractivity contribution in [1.29, 1.82) is 0 Å². The van der Waals surface area contributed by atoms with Gasteiger partial charge in [-0.1, -0.05) is 20.1 Å². The molecule has 298 valence electrons. The number of aliphatic hydroxyl groups is 2. The van der Waals surface area contributed by atoms with E-state index < -0.39 is 24.1 Å². The van der Waals surface area contributed by atoms with Crippen molar-refractivity contribution in [2.24, 2.45) is 11.8 Å². The molecule has 12 nitrogen and oxygen atoms in total. The molecule has 10 bridgehead atoms. The molecule has 11 unspecified atom stereocenters. The number of ether oxygens (including phenoxy) is 9. The van der Waals surface area contributed by atoms with E-state index in [1.165, 1.54) is 0 Å². The van der Waals surface area contributed by atoms with Crippen molar-refractivity contribution in [2.45, 2.75) is 194 Å². The van der Waals surface area contributed by atoms with Crippen LogP contribution in [0.25, 0.3) is 0 Å². The maximum absolute atomic E-state index is 14.0.